The number of hydrogen-bond acceptors (Lipinski definition) is 0. The second kappa shape index (κ2) is 3.20. The molecule has 0 aromatic heterocycles. The molecule has 15 heavy (non-hydrogen) atoms. The zero-order valence-corrected chi connectivity index (χ0v) is 8.33. The number of allylic oxidation sites excluding steroid dienone is 1. The fourth-order valence-electron chi connectivity index (χ4n) is 2.28. The van der Waals surface area contributed by atoms with Crippen LogP contribution in [0.15, 0.2) is 42.5 Å². The first-order valence-electron chi connectivity index (χ1n) is 5.23. The van der Waals surface area contributed by atoms with Gasteiger partial charge in [0.2, 0.25) is 0 Å². The Balaban J connectivity index is 2.39. The summed E-state index contributed by atoms with van der Waals surface area (Å²) < 4.78 is 13.6. The van der Waals surface area contributed by atoms with Gasteiger partial charge in [-0.05, 0) is 35.3 Å². The first-order chi connectivity index (χ1) is 7.36. The Kier molecular flexibility index (Phi) is 1.84. The van der Waals surface area contributed by atoms with E-state index in [1.54, 1.807) is 6.08 Å². The zero-order chi connectivity index (χ0) is 10.3. The molecule has 0 saturated heterocycles. The third-order valence-electron chi connectivity index (χ3n) is 3.02. The van der Waals surface area contributed by atoms with Crippen molar-refractivity contribution in [3.63, 3.8) is 0 Å². The van der Waals surface area contributed by atoms with Crippen molar-refractivity contribution < 1.29 is 4.39 Å². The number of benzene rings is 2. The topological polar surface area (TPSA) is 0 Å². The van der Waals surface area contributed by atoms with Crippen molar-refractivity contribution in [3.8, 4) is 0 Å². The number of fused-ring (bicyclic) bond motifs is 3. The molecule has 0 bridgehead atoms. The number of halogens is 1. The molecule has 0 atom stereocenters. The van der Waals surface area contributed by atoms with Gasteiger partial charge in [-0.3, -0.25) is 0 Å². The minimum absolute atomic E-state index is 0.0676. The Morgan fingerprint density at radius 1 is 1.00 bits per heavy atom. The summed E-state index contributed by atoms with van der Waals surface area (Å²) in [7, 11) is 0. The summed E-state index contributed by atoms with van der Waals surface area (Å²) in [6.45, 7) is 0. The van der Waals surface area contributed by atoms with E-state index in [1.807, 2.05) is 24.3 Å². The van der Waals surface area contributed by atoms with E-state index in [4.69, 9.17) is 0 Å². The van der Waals surface area contributed by atoms with Gasteiger partial charge in [-0.2, -0.15) is 0 Å². The highest BCUT2D eigenvalue weighted by atomic mass is 19.1. The van der Waals surface area contributed by atoms with E-state index >= 15 is 0 Å². The molecule has 0 spiro atoms. The van der Waals surface area contributed by atoms with Crippen LogP contribution in [0.4, 0.5) is 4.39 Å². The summed E-state index contributed by atoms with van der Waals surface area (Å²) >= 11 is 0. The fraction of sp³-hybridized carbons (Fsp3) is 0.143. The standard InChI is InChI=1S/C14H11F/c15-14-7-3-6-12-11-5-2-1-4-10(11)8-9-13(12)14/h1-2,4-5,7-9H,3,6H2. The second-order valence-electron chi connectivity index (χ2n) is 3.90. The molecular formula is C14H11F. The summed E-state index contributed by atoms with van der Waals surface area (Å²) in [6, 6.07) is 12.1. The molecule has 0 saturated carbocycles. The van der Waals surface area contributed by atoms with E-state index in [2.05, 4.69) is 12.1 Å². The van der Waals surface area contributed by atoms with Crippen molar-refractivity contribution in [1.29, 1.82) is 0 Å². The number of aryl methyl sites for hydroxylation is 1. The maximum absolute atomic E-state index is 13.6. The van der Waals surface area contributed by atoms with Gasteiger partial charge < -0.3 is 0 Å². The summed E-state index contributed by atoms with van der Waals surface area (Å²) in [6.07, 6.45) is 3.44. The Hall–Kier alpha value is -1.63. The minimum Gasteiger partial charge on any atom is -0.207 e. The summed E-state index contributed by atoms with van der Waals surface area (Å²) in [5.41, 5.74) is 1.94. The lowest BCUT2D eigenvalue weighted by molar-refractivity contribution is 0.740. The van der Waals surface area contributed by atoms with Crippen molar-refractivity contribution in [1.82, 2.24) is 0 Å². The van der Waals surface area contributed by atoms with E-state index in [9.17, 15) is 4.39 Å². The van der Waals surface area contributed by atoms with Crippen LogP contribution in [0.1, 0.15) is 17.5 Å². The van der Waals surface area contributed by atoms with Crippen molar-refractivity contribution in [2.45, 2.75) is 12.8 Å². The number of rotatable bonds is 0. The van der Waals surface area contributed by atoms with Gasteiger partial charge in [0.25, 0.3) is 0 Å². The molecule has 0 unspecified atom stereocenters. The van der Waals surface area contributed by atoms with E-state index in [0.717, 1.165) is 24.0 Å². The molecule has 2 aromatic rings. The molecule has 0 fully saturated rings. The van der Waals surface area contributed by atoms with Crippen LogP contribution >= 0.6 is 0 Å². The molecule has 0 nitrogen and oxygen atoms in total. The van der Waals surface area contributed by atoms with Crippen molar-refractivity contribution in [2.24, 2.45) is 0 Å². The SMILES string of the molecule is FC1=CCCc2c1ccc1ccccc21. The van der Waals surface area contributed by atoms with E-state index in [-0.39, 0.29) is 5.83 Å². The van der Waals surface area contributed by atoms with Crippen LogP contribution in [0.25, 0.3) is 16.6 Å². The van der Waals surface area contributed by atoms with Crippen LogP contribution in [0.3, 0.4) is 0 Å². The molecule has 2 aromatic carbocycles. The Labute approximate surface area is 88.0 Å². The normalized spacial score (nSPS) is 14.9. The van der Waals surface area contributed by atoms with Gasteiger partial charge in [0.05, 0.1) is 0 Å². The van der Waals surface area contributed by atoms with Crippen LogP contribution in [0.5, 0.6) is 0 Å². The third-order valence-corrected chi connectivity index (χ3v) is 3.02. The predicted molar refractivity (Wildman–Crippen MR) is 61.4 cm³/mol. The van der Waals surface area contributed by atoms with Gasteiger partial charge in [-0.15, -0.1) is 0 Å². The highest BCUT2D eigenvalue weighted by molar-refractivity contribution is 5.90. The molecule has 0 amide bonds. The van der Waals surface area contributed by atoms with Crippen LogP contribution in [0.2, 0.25) is 0 Å². The van der Waals surface area contributed by atoms with E-state index in [1.165, 1.54) is 10.8 Å². The molecule has 0 aliphatic heterocycles. The Bertz CT molecular complexity index is 552. The Morgan fingerprint density at radius 3 is 2.80 bits per heavy atom. The van der Waals surface area contributed by atoms with Crippen molar-refractivity contribution in [3.05, 3.63) is 53.6 Å². The summed E-state index contributed by atoms with van der Waals surface area (Å²) in [5.74, 6) is -0.0676. The monoisotopic (exact) mass is 198 g/mol. The smallest absolute Gasteiger partial charge is 0.126 e. The second-order valence-corrected chi connectivity index (χ2v) is 3.90. The highest BCUT2D eigenvalue weighted by Gasteiger charge is 2.14. The predicted octanol–water partition coefficient (Wildman–Crippen LogP) is 4.10. The first-order valence-corrected chi connectivity index (χ1v) is 5.23. The average Bonchev–Trinajstić information content (AvgIpc) is 2.29. The van der Waals surface area contributed by atoms with Crippen molar-refractivity contribution >= 4 is 16.6 Å². The first kappa shape index (κ1) is 8.66. The maximum atomic E-state index is 13.6. The quantitative estimate of drug-likeness (QED) is 0.598. The molecule has 1 heteroatoms. The van der Waals surface area contributed by atoms with Crippen LogP contribution < -0.4 is 0 Å². The average molecular weight is 198 g/mol. The third kappa shape index (κ3) is 1.27. The van der Waals surface area contributed by atoms with Gasteiger partial charge in [0.1, 0.15) is 5.83 Å². The molecule has 1 aliphatic rings. The molecule has 1 aliphatic carbocycles. The number of hydrogen-bond donors (Lipinski definition) is 0. The molecule has 3 rings (SSSR count). The van der Waals surface area contributed by atoms with Gasteiger partial charge >= 0.3 is 0 Å². The van der Waals surface area contributed by atoms with E-state index < -0.39 is 0 Å². The van der Waals surface area contributed by atoms with Gasteiger partial charge in [0, 0.05) is 5.56 Å². The maximum Gasteiger partial charge on any atom is 0.126 e. The Morgan fingerprint density at radius 2 is 1.87 bits per heavy atom. The lowest BCUT2D eigenvalue weighted by Gasteiger charge is -2.15. The molecular weight excluding hydrogens is 187 g/mol. The fourth-order valence-corrected chi connectivity index (χ4v) is 2.28. The van der Waals surface area contributed by atoms with Crippen LogP contribution in [-0.4, -0.2) is 0 Å². The largest absolute Gasteiger partial charge is 0.207 e. The summed E-state index contributed by atoms with van der Waals surface area (Å²) in [4.78, 5) is 0. The highest BCUT2D eigenvalue weighted by Crippen LogP contribution is 2.32. The minimum atomic E-state index is -0.0676. The zero-order valence-electron chi connectivity index (χ0n) is 8.33. The molecule has 74 valence electrons. The lowest BCUT2D eigenvalue weighted by Crippen LogP contribution is -1.98. The van der Waals surface area contributed by atoms with Gasteiger partial charge in [-0.25, -0.2) is 4.39 Å². The van der Waals surface area contributed by atoms with Gasteiger partial charge in [0.15, 0.2) is 0 Å². The summed E-state index contributed by atoms with van der Waals surface area (Å²) in [5, 5.41) is 2.39. The van der Waals surface area contributed by atoms with Gasteiger partial charge in [-0.1, -0.05) is 36.4 Å². The van der Waals surface area contributed by atoms with E-state index in [0.29, 0.717) is 0 Å². The lowest BCUT2D eigenvalue weighted by atomic mass is 9.91. The van der Waals surface area contributed by atoms with Crippen molar-refractivity contribution in [2.75, 3.05) is 0 Å². The van der Waals surface area contributed by atoms with Crippen LogP contribution in [-0.2, 0) is 6.42 Å². The molecule has 0 N–H and O–H groups in total. The van der Waals surface area contributed by atoms with Crippen LogP contribution in [0, 0.1) is 0 Å². The molecule has 0 radical (unpaired) electrons. The molecule has 0 heterocycles.